The first kappa shape index (κ1) is 15.9. The second-order valence-corrected chi connectivity index (χ2v) is 3.50. The van der Waals surface area contributed by atoms with Gasteiger partial charge >= 0.3 is 0 Å². The van der Waals surface area contributed by atoms with Gasteiger partial charge in [-0.3, -0.25) is 0 Å². The molecule has 0 spiro atoms. The minimum absolute atomic E-state index is 0.224. The molecule has 0 fully saturated rings. The molecule has 17 heavy (non-hydrogen) atoms. The predicted octanol–water partition coefficient (Wildman–Crippen LogP) is -2.88. The van der Waals surface area contributed by atoms with Gasteiger partial charge in [-0.1, -0.05) is 13.5 Å². The summed E-state index contributed by atoms with van der Waals surface area (Å²) < 4.78 is 4.72. The molecule has 0 aliphatic heterocycles. The normalized spacial score (nSPS) is 19.8. The Morgan fingerprint density at radius 1 is 1.53 bits per heavy atom. The number of aliphatic hydroxyl groups excluding tert-OH is 4. The fourth-order valence-electron chi connectivity index (χ4n) is 1.42. The first-order valence-electron chi connectivity index (χ1n) is 5.02. The van der Waals surface area contributed by atoms with Crippen molar-refractivity contribution in [3.63, 3.8) is 0 Å². The standard InChI is InChI=1S/C10H18O7/c1-3-10(9(15)16,17-4-2)8(14)7(13)6(12)5-11/h4,6-8,11-14H,2-3,5H2,1H3,(H,15,16)/p-1. The number of aliphatic hydroxyl groups is 4. The van der Waals surface area contributed by atoms with E-state index in [4.69, 9.17) is 14.9 Å². The van der Waals surface area contributed by atoms with Crippen LogP contribution in [0, 0.1) is 0 Å². The van der Waals surface area contributed by atoms with E-state index in [9.17, 15) is 20.1 Å². The Kier molecular flexibility index (Phi) is 6.11. The molecule has 0 aromatic carbocycles. The van der Waals surface area contributed by atoms with Crippen molar-refractivity contribution in [2.45, 2.75) is 37.3 Å². The number of hydrogen-bond acceptors (Lipinski definition) is 7. The first-order valence-corrected chi connectivity index (χ1v) is 5.02. The topological polar surface area (TPSA) is 130 Å². The second-order valence-electron chi connectivity index (χ2n) is 3.50. The van der Waals surface area contributed by atoms with Gasteiger partial charge in [0.05, 0.1) is 18.8 Å². The minimum Gasteiger partial charge on any atom is -0.546 e. The Morgan fingerprint density at radius 2 is 2.06 bits per heavy atom. The highest BCUT2D eigenvalue weighted by molar-refractivity contribution is 5.76. The maximum Gasteiger partial charge on any atom is 0.175 e. The third kappa shape index (κ3) is 3.16. The number of ether oxygens (including phenoxy) is 1. The Hall–Kier alpha value is -1.15. The van der Waals surface area contributed by atoms with E-state index >= 15 is 0 Å². The van der Waals surface area contributed by atoms with Crippen LogP contribution >= 0.6 is 0 Å². The number of rotatable bonds is 8. The van der Waals surface area contributed by atoms with Crippen LogP contribution in [-0.4, -0.2) is 56.9 Å². The molecule has 0 rings (SSSR count). The van der Waals surface area contributed by atoms with Crippen LogP contribution in [-0.2, 0) is 9.53 Å². The number of hydrogen-bond donors (Lipinski definition) is 4. The highest BCUT2D eigenvalue weighted by atomic mass is 16.5. The molecule has 4 atom stereocenters. The van der Waals surface area contributed by atoms with Gasteiger partial charge in [-0.15, -0.1) is 0 Å². The average molecular weight is 249 g/mol. The number of carboxylic acid groups (broad SMARTS) is 1. The SMILES string of the molecule is C=COC(CC)(C(=O)[O-])C(O)C(O)C(O)CO. The molecule has 4 N–H and O–H groups in total. The zero-order valence-electron chi connectivity index (χ0n) is 9.44. The summed E-state index contributed by atoms with van der Waals surface area (Å²) >= 11 is 0. The number of aliphatic carboxylic acids is 1. The van der Waals surface area contributed by atoms with Crippen molar-refractivity contribution >= 4 is 5.97 Å². The highest BCUT2D eigenvalue weighted by Crippen LogP contribution is 2.24. The number of carbonyl (C=O) groups excluding carboxylic acids is 1. The van der Waals surface area contributed by atoms with Gasteiger partial charge < -0.3 is 35.1 Å². The van der Waals surface area contributed by atoms with Crippen molar-refractivity contribution in [1.29, 1.82) is 0 Å². The maximum absolute atomic E-state index is 11.0. The Balaban J connectivity index is 5.16. The largest absolute Gasteiger partial charge is 0.546 e. The van der Waals surface area contributed by atoms with Crippen LogP contribution in [0.4, 0.5) is 0 Å². The van der Waals surface area contributed by atoms with E-state index in [-0.39, 0.29) is 6.42 Å². The highest BCUT2D eigenvalue weighted by Gasteiger charge is 2.45. The molecule has 0 saturated heterocycles. The van der Waals surface area contributed by atoms with Crippen LogP contribution in [0.2, 0.25) is 0 Å². The lowest BCUT2D eigenvalue weighted by Crippen LogP contribution is -2.62. The Bertz CT molecular complexity index is 267. The molecule has 0 aliphatic rings. The molecule has 0 aliphatic carbocycles. The summed E-state index contributed by atoms with van der Waals surface area (Å²) in [6.45, 7) is 3.72. The fourth-order valence-corrected chi connectivity index (χ4v) is 1.42. The summed E-state index contributed by atoms with van der Waals surface area (Å²) in [5.74, 6) is -1.75. The molecule has 0 aromatic rings. The van der Waals surface area contributed by atoms with Crippen molar-refractivity contribution in [1.82, 2.24) is 0 Å². The van der Waals surface area contributed by atoms with Crippen LogP contribution in [0.5, 0.6) is 0 Å². The molecule has 0 bridgehead atoms. The molecule has 100 valence electrons. The number of carbonyl (C=O) groups is 1. The molecule has 0 amide bonds. The Labute approximate surface area is 98.6 Å². The third-order valence-electron chi connectivity index (χ3n) is 2.55. The van der Waals surface area contributed by atoms with Gasteiger partial charge in [0.2, 0.25) is 0 Å². The van der Waals surface area contributed by atoms with Crippen molar-refractivity contribution < 1.29 is 35.1 Å². The summed E-state index contributed by atoms with van der Waals surface area (Å²) in [7, 11) is 0. The van der Waals surface area contributed by atoms with E-state index in [1.54, 1.807) is 0 Å². The van der Waals surface area contributed by atoms with Crippen molar-refractivity contribution in [3.8, 4) is 0 Å². The van der Waals surface area contributed by atoms with E-state index in [0.717, 1.165) is 6.26 Å². The molecule has 0 radical (unpaired) electrons. The average Bonchev–Trinajstić information content (AvgIpc) is 2.32. The van der Waals surface area contributed by atoms with E-state index in [2.05, 4.69) is 6.58 Å². The van der Waals surface area contributed by atoms with Crippen LogP contribution in [0.1, 0.15) is 13.3 Å². The fraction of sp³-hybridized carbons (Fsp3) is 0.700. The maximum atomic E-state index is 11.0. The number of carboxylic acids is 1. The molecular formula is C10H17O7-. The van der Waals surface area contributed by atoms with Gasteiger partial charge in [0.25, 0.3) is 0 Å². The minimum atomic E-state index is -2.22. The molecule has 4 unspecified atom stereocenters. The van der Waals surface area contributed by atoms with Gasteiger partial charge in [-0.25, -0.2) is 0 Å². The van der Waals surface area contributed by atoms with Crippen LogP contribution < -0.4 is 5.11 Å². The zero-order valence-corrected chi connectivity index (χ0v) is 9.44. The van der Waals surface area contributed by atoms with Gasteiger partial charge in [0.15, 0.2) is 5.60 Å². The predicted molar refractivity (Wildman–Crippen MR) is 54.4 cm³/mol. The van der Waals surface area contributed by atoms with E-state index in [1.165, 1.54) is 6.92 Å². The second kappa shape index (κ2) is 6.55. The molecule has 7 heteroatoms. The molecule has 0 saturated carbocycles. The third-order valence-corrected chi connectivity index (χ3v) is 2.55. The monoisotopic (exact) mass is 249 g/mol. The van der Waals surface area contributed by atoms with Crippen LogP contribution in [0.25, 0.3) is 0 Å². The molecule has 0 aromatic heterocycles. The Morgan fingerprint density at radius 3 is 2.35 bits per heavy atom. The zero-order chi connectivity index (χ0) is 13.6. The first-order chi connectivity index (χ1) is 7.87. The van der Waals surface area contributed by atoms with Crippen LogP contribution in [0.15, 0.2) is 12.8 Å². The summed E-state index contributed by atoms with van der Waals surface area (Å²) in [6.07, 6.45) is -4.99. The van der Waals surface area contributed by atoms with Crippen LogP contribution in [0.3, 0.4) is 0 Å². The van der Waals surface area contributed by atoms with Crippen molar-refractivity contribution in [2.24, 2.45) is 0 Å². The van der Waals surface area contributed by atoms with E-state index in [0.29, 0.717) is 0 Å². The van der Waals surface area contributed by atoms with Gasteiger partial charge in [-0.05, 0) is 6.42 Å². The molecular weight excluding hydrogens is 232 g/mol. The lowest BCUT2D eigenvalue weighted by molar-refractivity contribution is -0.334. The lowest BCUT2D eigenvalue weighted by atomic mass is 9.87. The summed E-state index contributed by atoms with van der Waals surface area (Å²) in [6, 6.07) is 0. The molecule has 0 heterocycles. The smallest absolute Gasteiger partial charge is 0.175 e. The quantitative estimate of drug-likeness (QED) is 0.340. The summed E-state index contributed by atoms with van der Waals surface area (Å²) in [4.78, 5) is 11.0. The lowest BCUT2D eigenvalue weighted by Gasteiger charge is -2.39. The van der Waals surface area contributed by atoms with E-state index in [1.807, 2.05) is 0 Å². The van der Waals surface area contributed by atoms with E-state index < -0.39 is 36.5 Å². The summed E-state index contributed by atoms with van der Waals surface area (Å²) in [5.41, 5.74) is -2.22. The van der Waals surface area contributed by atoms with Crippen molar-refractivity contribution in [3.05, 3.63) is 12.8 Å². The van der Waals surface area contributed by atoms with Gasteiger partial charge in [-0.2, -0.15) is 0 Å². The van der Waals surface area contributed by atoms with Gasteiger partial charge in [0.1, 0.15) is 18.3 Å². The summed E-state index contributed by atoms with van der Waals surface area (Å²) in [5, 5.41) is 47.9. The molecule has 7 nitrogen and oxygen atoms in total. The van der Waals surface area contributed by atoms with Crippen molar-refractivity contribution in [2.75, 3.05) is 6.61 Å². The van der Waals surface area contributed by atoms with Gasteiger partial charge in [0, 0.05) is 0 Å².